The summed E-state index contributed by atoms with van der Waals surface area (Å²) in [5.41, 5.74) is 1.50. The van der Waals surface area contributed by atoms with Gasteiger partial charge in [0.15, 0.2) is 29.8 Å². The summed E-state index contributed by atoms with van der Waals surface area (Å²) in [6, 6.07) is 13.6. The van der Waals surface area contributed by atoms with Crippen LogP contribution in [0.4, 0.5) is 16.0 Å². The van der Waals surface area contributed by atoms with Gasteiger partial charge in [0.1, 0.15) is 0 Å². The van der Waals surface area contributed by atoms with Crippen LogP contribution in [0.15, 0.2) is 48.5 Å². The molecule has 7 heteroatoms. The Morgan fingerprint density at radius 2 is 1.70 bits per heavy atom. The Balaban J connectivity index is 1.64. The van der Waals surface area contributed by atoms with Gasteiger partial charge in [-0.3, -0.25) is 9.69 Å². The van der Waals surface area contributed by atoms with Crippen molar-refractivity contribution in [2.24, 2.45) is 0 Å². The Hall–Kier alpha value is -3.22. The number of carbonyl (C=O) groups is 1. The lowest BCUT2D eigenvalue weighted by Gasteiger charge is -2.23. The van der Waals surface area contributed by atoms with Crippen molar-refractivity contribution >= 4 is 28.6 Å². The molecule has 0 radical (unpaired) electrons. The van der Waals surface area contributed by atoms with E-state index >= 15 is 0 Å². The Bertz CT molecular complexity index is 995. The number of fused-ring (bicyclic) bond motifs is 2. The molecule has 2 aromatic carbocycles. The van der Waals surface area contributed by atoms with E-state index in [1.807, 2.05) is 36.2 Å². The number of halogens is 1. The second-order valence-electron chi connectivity index (χ2n) is 6.40. The van der Waals surface area contributed by atoms with Crippen LogP contribution in [0.5, 0.6) is 5.75 Å². The number of hydrogen-bond acceptors (Lipinski definition) is 5. The van der Waals surface area contributed by atoms with Crippen molar-refractivity contribution in [2.75, 3.05) is 36.5 Å². The van der Waals surface area contributed by atoms with Crippen LogP contribution in [-0.4, -0.2) is 42.6 Å². The summed E-state index contributed by atoms with van der Waals surface area (Å²) in [6.45, 7) is 1.00. The summed E-state index contributed by atoms with van der Waals surface area (Å²) >= 11 is 0. The van der Waals surface area contributed by atoms with E-state index in [1.165, 1.54) is 12.1 Å². The minimum Gasteiger partial charge on any atom is -0.481 e. The van der Waals surface area contributed by atoms with Crippen LogP contribution in [0.1, 0.15) is 6.42 Å². The number of hydrogen-bond donors (Lipinski definition) is 0. The van der Waals surface area contributed by atoms with Gasteiger partial charge in [-0.1, -0.05) is 24.3 Å². The number of aromatic nitrogens is 2. The third kappa shape index (κ3) is 3.40. The van der Waals surface area contributed by atoms with E-state index in [0.29, 0.717) is 18.2 Å². The van der Waals surface area contributed by atoms with E-state index in [0.717, 1.165) is 24.0 Å². The van der Waals surface area contributed by atoms with Gasteiger partial charge in [-0.25, -0.2) is 14.4 Å². The number of para-hydroxylation sites is 3. The molecule has 1 aromatic heterocycles. The zero-order valence-electron chi connectivity index (χ0n) is 14.9. The highest BCUT2D eigenvalue weighted by Gasteiger charge is 2.27. The summed E-state index contributed by atoms with van der Waals surface area (Å²) in [7, 11) is 1.94. The SMILES string of the molecule is CN1CCCN(C(=O)COc2ccccc2F)c2nc3ccccc3nc21. The highest BCUT2D eigenvalue weighted by atomic mass is 19.1. The van der Waals surface area contributed by atoms with Crippen LogP contribution < -0.4 is 14.5 Å². The average Bonchev–Trinajstić information content (AvgIpc) is 2.84. The van der Waals surface area contributed by atoms with E-state index in [4.69, 9.17) is 9.72 Å². The number of anilines is 2. The first-order valence-electron chi connectivity index (χ1n) is 8.79. The fourth-order valence-corrected chi connectivity index (χ4v) is 3.12. The molecule has 0 unspecified atom stereocenters. The molecule has 0 saturated heterocycles. The third-order valence-corrected chi connectivity index (χ3v) is 4.52. The highest BCUT2D eigenvalue weighted by molar-refractivity contribution is 5.97. The first kappa shape index (κ1) is 17.2. The van der Waals surface area contributed by atoms with Gasteiger partial charge < -0.3 is 9.64 Å². The largest absolute Gasteiger partial charge is 0.481 e. The first-order chi connectivity index (χ1) is 13.1. The molecule has 3 aromatic rings. The van der Waals surface area contributed by atoms with Crippen LogP contribution in [-0.2, 0) is 4.79 Å². The zero-order valence-corrected chi connectivity index (χ0v) is 14.9. The van der Waals surface area contributed by atoms with Crippen molar-refractivity contribution in [2.45, 2.75) is 6.42 Å². The maximum absolute atomic E-state index is 13.7. The molecule has 138 valence electrons. The molecule has 0 atom stereocenters. The molecule has 6 nitrogen and oxygen atoms in total. The number of amides is 1. The second-order valence-corrected chi connectivity index (χ2v) is 6.40. The lowest BCUT2D eigenvalue weighted by atomic mass is 10.3. The lowest BCUT2D eigenvalue weighted by Crippen LogP contribution is -2.36. The highest BCUT2D eigenvalue weighted by Crippen LogP contribution is 2.30. The van der Waals surface area contributed by atoms with E-state index < -0.39 is 5.82 Å². The molecular weight excluding hydrogens is 347 g/mol. The van der Waals surface area contributed by atoms with Crippen molar-refractivity contribution in [3.8, 4) is 5.75 Å². The number of ether oxygens (including phenoxy) is 1. The molecule has 0 saturated carbocycles. The van der Waals surface area contributed by atoms with Gasteiger partial charge in [-0.2, -0.15) is 0 Å². The van der Waals surface area contributed by atoms with Gasteiger partial charge in [0, 0.05) is 20.1 Å². The van der Waals surface area contributed by atoms with Crippen LogP contribution in [0.2, 0.25) is 0 Å². The van der Waals surface area contributed by atoms with E-state index in [9.17, 15) is 9.18 Å². The van der Waals surface area contributed by atoms with E-state index in [-0.39, 0.29) is 18.3 Å². The second kappa shape index (κ2) is 7.19. The van der Waals surface area contributed by atoms with Crippen molar-refractivity contribution in [3.63, 3.8) is 0 Å². The normalized spacial score (nSPS) is 14.0. The summed E-state index contributed by atoms with van der Waals surface area (Å²) in [4.78, 5) is 25.8. The average molecular weight is 366 g/mol. The molecule has 0 spiro atoms. The monoisotopic (exact) mass is 366 g/mol. The third-order valence-electron chi connectivity index (χ3n) is 4.52. The van der Waals surface area contributed by atoms with Crippen LogP contribution in [0, 0.1) is 5.82 Å². The molecule has 27 heavy (non-hydrogen) atoms. The predicted molar refractivity (Wildman–Crippen MR) is 102 cm³/mol. The fourth-order valence-electron chi connectivity index (χ4n) is 3.12. The first-order valence-corrected chi connectivity index (χ1v) is 8.79. The maximum Gasteiger partial charge on any atom is 0.266 e. The number of nitrogens with zero attached hydrogens (tertiary/aromatic N) is 4. The van der Waals surface area contributed by atoms with Gasteiger partial charge >= 0.3 is 0 Å². The molecule has 0 fully saturated rings. The Kier molecular flexibility index (Phi) is 4.58. The van der Waals surface area contributed by atoms with Crippen LogP contribution in [0.3, 0.4) is 0 Å². The summed E-state index contributed by atoms with van der Waals surface area (Å²) in [5, 5.41) is 0. The molecule has 1 aliphatic rings. The standard InChI is InChI=1S/C20H19FN4O2/c1-24-11-6-12-25(18(26)13-27-17-10-5-2-7-14(17)21)20-19(24)22-15-8-3-4-9-16(15)23-20/h2-5,7-10H,6,11-13H2,1H3. The number of carbonyl (C=O) groups excluding carboxylic acids is 1. The minimum absolute atomic E-state index is 0.0580. The van der Waals surface area contributed by atoms with Crippen molar-refractivity contribution < 1.29 is 13.9 Å². The van der Waals surface area contributed by atoms with Crippen molar-refractivity contribution in [1.82, 2.24) is 9.97 Å². The Morgan fingerprint density at radius 3 is 2.44 bits per heavy atom. The summed E-state index contributed by atoms with van der Waals surface area (Å²) in [6.07, 6.45) is 0.774. The van der Waals surface area contributed by atoms with Crippen molar-refractivity contribution in [1.29, 1.82) is 0 Å². The molecule has 4 rings (SSSR count). The quantitative estimate of drug-likeness (QED) is 0.713. The van der Waals surface area contributed by atoms with Gasteiger partial charge in [0.25, 0.3) is 5.91 Å². The van der Waals surface area contributed by atoms with Gasteiger partial charge in [0.2, 0.25) is 0 Å². The van der Waals surface area contributed by atoms with Crippen molar-refractivity contribution in [3.05, 3.63) is 54.3 Å². The molecular formula is C20H19FN4O2. The topological polar surface area (TPSA) is 58.6 Å². The fraction of sp³-hybridized carbons (Fsp3) is 0.250. The van der Waals surface area contributed by atoms with Crippen LogP contribution >= 0.6 is 0 Å². The Morgan fingerprint density at radius 1 is 1.04 bits per heavy atom. The molecule has 0 aliphatic carbocycles. The molecule has 0 N–H and O–H groups in total. The van der Waals surface area contributed by atoms with E-state index in [1.54, 1.807) is 17.0 Å². The van der Waals surface area contributed by atoms with Gasteiger partial charge in [-0.05, 0) is 30.7 Å². The summed E-state index contributed by atoms with van der Waals surface area (Å²) < 4.78 is 19.1. The summed E-state index contributed by atoms with van der Waals surface area (Å²) in [5.74, 6) is 0.454. The number of rotatable bonds is 3. The minimum atomic E-state index is -0.493. The molecule has 1 aliphatic heterocycles. The van der Waals surface area contributed by atoms with Gasteiger partial charge in [-0.15, -0.1) is 0 Å². The van der Waals surface area contributed by atoms with Crippen LogP contribution in [0.25, 0.3) is 11.0 Å². The Labute approximate surface area is 156 Å². The van der Waals surface area contributed by atoms with Gasteiger partial charge in [0.05, 0.1) is 11.0 Å². The maximum atomic E-state index is 13.7. The van der Waals surface area contributed by atoms with E-state index in [2.05, 4.69) is 4.98 Å². The smallest absolute Gasteiger partial charge is 0.266 e. The number of benzene rings is 2. The lowest BCUT2D eigenvalue weighted by molar-refractivity contribution is -0.120. The zero-order chi connectivity index (χ0) is 18.8. The molecule has 2 heterocycles. The predicted octanol–water partition coefficient (Wildman–Crippen LogP) is 3.02. The molecule has 1 amide bonds. The molecule has 0 bridgehead atoms.